The first kappa shape index (κ1) is 33.3. The Morgan fingerprint density at radius 1 is 0.346 bits per heavy atom. The molecule has 0 aliphatic carbocycles. The van der Waals surface area contributed by atoms with Crippen LogP contribution < -0.4 is 0 Å². The van der Waals surface area contributed by atoms with Crippen LogP contribution in [-0.2, 0) is 0 Å². The van der Waals surface area contributed by atoms with Crippen molar-refractivity contribution < 1.29 is 43.9 Å². The summed E-state index contributed by atoms with van der Waals surface area (Å²) >= 11 is 3.35. The van der Waals surface area contributed by atoms with Gasteiger partial charge in [-0.1, -0.05) is 28.1 Å². The van der Waals surface area contributed by atoms with Crippen molar-refractivity contribution in [3.05, 3.63) is 135 Å². The molecule has 0 atom stereocenters. The number of benzene rings is 3. The van der Waals surface area contributed by atoms with Crippen LogP contribution in [0.5, 0.6) is 0 Å². The van der Waals surface area contributed by atoms with E-state index in [9.17, 15) is 26.3 Å². The lowest BCUT2D eigenvalue weighted by Crippen LogP contribution is -2.05. The third kappa shape index (κ3) is 5.01. The maximum Gasteiger partial charge on any atom is 0.200 e. The highest BCUT2D eigenvalue weighted by Crippen LogP contribution is 2.40. The van der Waals surface area contributed by atoms with E-state index in [0.717, 1.165) is 0 Å². The lowest BCUT2D eigenvalue weighted by molar-refractivity contribution is 0.381. The zero-order valence-corrected chi connectivity index (χ0v) is 27.1. The fourth-order valence-corrected chi connectivity index (χ4v) is 6.52. The van der Waals surface area contributed by atoms with Crippen molar-refractivity contribution in [3.63, 3.8) is 0 Å². The number of H-pyrrole nitrogens is 3. The van der Waals surface area contributed by atoms with Gasteiger partial charge in [-0.3, -0.25) is 0 Å². The predicted molar refractivity (Wildman–Crippen MR) is 179 cm³/mol. The van der Waals surface area contributed by atoms with Crippen molar-refractivity contribution in [1.29, 1.82) is 0 Å². The average Bonchev–Trinajstić information content (AvgIpc) is 3.97. The topological polar surface area (TPSA) is 60.3 Å². The Bertz CT molecular complexity index is 2760. The lowest BCUT2D eigenvalue weighted by Gasteiger charge is -2.10. The molecule has 4 nitrogen and oxygen atoms in total. The molecule has 3 aromatic carbocycles. The van der Waals surface area contributed by atoms with Gasteiger partial charge in [-0.25, -0.2) is 48.9 Å². The molecule has 15 heteroatoms. The van der Waals surface area contributed by atoms with Crippen molar-refractivity contribution in [2.45, 2.75) is 0 Å². The van der Waals surface area contributed by atoms with Crippen LogP contribution in [-0.4, -0.2) is 19.9 Å². The Balaban J connectivity index is 1.60. The normalized spacial score (nSPS) is 12.1. The molecule has 0 radical (unpaired) electrons. The summed E-state index contributed by atoms with van der Waals surface area (Å²) in [5, 5.41) is 0. The highest BCUT2D eigenvalue weighted by atomic mass is 79.9. The van der Waals surface area contributed by atoms with Gasteiger partial charge in [0, 0.05) is 48.7 Å². The van der Waals surface area contributed by atoms with Gasteiger partial charge < -0.3 is 15.0 Å². The van der Waals surface area contributed by atoms with Gasteiger partial charge in [-0.05, 0) is 66.2 Å². The number of hydrogen-bond donors (Lipinski definition) is 3. The number of hydrogen-bond acceptors (Lipinski definition) is 1. The highest BCUT2D eigenvalue weighted by Gasteiger charge is 2.31. The molecule has 7 aromatic rings. The van der Waals surface area contributed by atoms with Gasteiger partial charge in [0.2, 0.25) is 11.6 Å². The third-order valence-electron chi connectivity index (χ3n) is 8.63. The number of halogens is 11. The molecule has 0 fully saturated rings. The predicted octanol–water partition coefficient (Wildman–Crippen LogP) is 11.9. The monoisotopic (exact) mass is 784 g/mol. The van der Waals surface area contributed by atoms with Crippen molar-refractivity contribution in [3.8, 4) is 33.4 Å². The zero-order valence-electron chi connectivity index (χ0n) is 25.5. The van der Waals surface area contributed by atoms with E-state index >= 15 is 17.6 Å². The zero-order chi connectivity index (χ0) is 36.7. The van der Waals surface area contributed by atoms with Crippen LogP contribution in [0.4, 0.5) is 43.9 Å². The molecule has 1 aliphatic heterocycles. The first-order valence-electron chi connectivity index (χ1n) is 15.0. The van der Waals surface area contributed by atoms with E-state index in [2.05, 4.69) is 35.9 Å². The quantitative estimate of drug-likeness (QED) is 0.0933. The van der Waals surface area contributed by atoms with Crippen molar-refractivity contribution in [1.82, 2.24) is 19.9 Å². The van der Waals surface area contributed by atoms with Gasteiger partial charge in [0.15, 0.2) is 46.5 Å². The Kier molecular flexibility index (Phi) is 7.78. The van der Waals surface area contributed by atoms with Gasteiger partial charge in [0.1, 0.15) is 0 Å². The van der Waals surface area contributed by atoms with Crippen LogP contribution >= 0.6 is 15.9 Å². The van der Waals surface area contributed by atoms with Crippen LogP contribution in [0.25, 0.3) is 78.6 Å². The number of aromatic amines is 3. The number of fused-ring (bicyclic) bond motifs is 9. The minimum absolute atomic E-state index is 0.0234. The fourth-order valence-electron chi connectivity index (χ4n) is 6.25. The first-order chi connectivity index (χ1) is 24.8. The van der Waals surface area contributed by atoms with E-state index in [1.807, 2.05) is 0 Å². The molecular formula is C37H15BrF10N4. The third-order valence-corrected chi connectivity index (χ3v) is 9.16. The van der Waals surface area contributed by atoms with Gasteiger partial charge >= 0.3 is 0 Å². The number of rotatable bonds is 3. The standard InChI is InChI=1S/C37H15BrF10N4/c38-14-3-1-13(2-4-14)23-17-9-11-21(51-17)24(26-28(39)32(43)36(47)33(44)29(26)40)19-7-5-15(49-19)16-6-8-20(50-16)25(22-12-10-18(23)52-22)27-30(41)34(45)37(48)35(46)31(27)42/h1-12,49,51-52H. The van der Waals surface area contributed by atoms with Crippen molar-refractivity contribution in [2.24, 2.45) is 0 Å². The van der Waals surface area contributed by atoms with Crippen LogP contribution in [0.3, 0.4) is 0 Å². The number of nitrogens with zero attached hydrogens (tertiary/aromatic N) is 1. The Morgan fingerprint density at radius 3 is 1.17 bits per heavy atom. The first-order valence-corrected chi connectivity index (χ1v) is 15.8. The molecule has 0 amide bonds. The molecule has 0 unspecified atom stereocenters. The molecule has 260 valence electrons. The van der Waals surface area contributed by atoms with Crippen LogP contribution in [0.1, 0.15) is 11.4 Å². The maximum atomic E-state index is 15.5. The maximum absolute atomic E-state index is 15.5. The summed E-state index contributed by atoms with van der Waals surface area (Å²) in [6.45, 7) is 0. The second-order valence-corrected chi connectivity index (χ2v) is 12.5. The summed E-state index contributed by atoms with van der Waals surface area (Å²) < 4.78 is 149. The van der Waals surface area contributed by atoms with Crippen LogP contribution in [0.15, 0.2) is 65.1 Å². The van der Waals surface area contributed by atoms with E-state index in [1.54, 1.807) is 24.3 Å². The molecule has 3 N–H and O–H groups in total. The molecule has 0 saturated carbocycles. The van der Waals surface area contributed by atoms with Crippen molar-refractivity contribution in [2.75, 3.05) is 0 Å². The molecule has 0 spiro atoms. The molecule has 5 heterocycles. The second-order valence-electron chi connectivity index (χ2n) is 11.6. The lowest BCUT2D eigenvalue weighted by atomic mass is 10.0. The van der Waals surface area contributed by atoms with E-state index < -0.39 is 80.4 Å². The Labute approximate surface area is 292 Å². The summed E-state index contributed by atoms with van der Waals surface area (Å²) in [5.41, 5.74) is -2.68. The SMILES string of the molecule is Fc1c(F)c(F)c(-c2c3nc(c4ccc([nH]4)c(-c4c(F)c(F)c(F)c(F)c4F)c4ccc([nH]4)c(-c4ccc(Br)cc4)c4ccc2[nH]4)C=C3)c(F)c1F. The minimum atomic E-state index is -2.35. The molecule has 8 bridgehead atoms. The molecule has 52 heavy (non-hydrogen) atoms. The van der Waals surface area contributed by atoms with Gasteiger partial charge in [-0.15, -0.1) is 0 Å². The number of aromatic nitrogens is 4. The Morgan fingerprint density at radius 2 is 0.692 bits per heavy atom. The molecule has 1 aliphatic rings. The van der Waals surface area contributed by atoms with Crippen LogP contribution in [0.2, 0.25) is 0 Å². The van der Waals surface area contributed by atoms with Gasteiger partial charge in [-0.2, -0.15) is 0 Å². The number of nitrogens with one attached hydrogen (secondary N) is 3. The highest BCUT2D eigenvalue weighted by molar-refractivity contribution is 9.10. The molecule has 4 aromatic heterocycles. The summed E-state index contributed by atoms with van der Waals surface area (Å²) in [5.74, 6) is -21.8. The molecule has 0 saturated heterocycles. The summed E-state index contributed by atoms with van der Waals surface area (Å²) in [6.07, 6.45) is 2.58. The van der Waals surface area contributed by atoms with E-state index in [4.69, 9.17) is 0 Å². The average molecular weight is 785 g/mol. The molecule has 8 rings (SSSR count). The smallest absolute Gasteiger partial charge is 0.200 e. The van der Waals surface area contributed by atoms with E-state index in [1.165, 1.54) is 48.6 Å². The Hall–Kier alpha value is -5.83. The van der Waals surface area contributed by atoms with E-state index in [-0.39, 0.29) is 44.5 Å². The molecular weight excluding hydrogens is 770 g/mol. The van der Waals surface area contributed by atoms with Gasteiger partial charge in [0.05, 0.1) is 28.0 Å². The summed E-state index contributed by atoms with van der Waals surface area (Å²) in [7, 11) is 0. The van der Waals surface area contributed by atoms with E-state index in [0.29, 0.717) is 15.6 Å². The summed E-state index contributed by atoms with van der Waals surface area (Å²) in [4.78, 5) is 13.2. The fraction of sp³-hybridized carbons (Fsp3) is 0. The van der Waals surface area contributed by atoms with Gasteiger partial charge in [0.25, 0.3) is 0 Å². The van der Waals surface area contributed by atoms with Crippen LogP contribution in [0, 0.1) is 58.2 Å². The second kappa shape index (κ2) is 12.1. The van der Waals surface area contributed by atoms with Crippen molar-refractivity contribution >= 4 is 61.2 Å². The minimum Gasteiger partial charge on any atom is -0.354 e. The largest absolute Gasteiger partial charge is 0.354 e. The summed E-state index contributed by atoms with van der Waals surface area (Å²) in [6, 6.07) is 14.9.